The molecule has 34 heavy (non-hydrogen) atoms. The van der Waals surface area contributed by atoms with E-state index in [1.54, 1.807) is 23.8 Å². The molecule has 174 valence electrons. The van der Waals surface area contributed by atoms with Crippen molar-refractivity contribution < 1.29 is 9.13 Å². The highest BCUT2D eigenvalue weighted by Gasteiger charge is 2.17. The van der Waals surface area contributed by atoms with Crippen molar-refractivity contribution >= 4 is 34.9 Å². The van der Waals surface area contributed by atoms with Crippen molar-refractivity contribution in [3.8, 4) is 22.2 Å². The molecular formula is C24H23FN6OS2. The van der Waals surface area contributed by atoms with Gasteiger partial charge >= 0.3 is 0 Å². The Morgan fingerprint density at radius 3 is 2.85 bits per heavy atom. The van der Waals surface area contributed by atoms with E-state index in [1.807, 2.05) is 36.4 Å². The van der Waals surface area contributed by atoms with Gasteiger partial charge < -0.3 is 20.1 Å². The summed E-state index contributed by atoms with van der Waals surface area (Å²) in [7, 11) is 0. The lowest BCUT2D eigenvalue weighted by Crippen LogP contribution is -2.38. The molecule has 0 aliphatic carbocycles. The molecule has 3 heterocycles. The van der Waals surface area contributed by atoms with Crippen molar-refractivity contribution in [1.29, 1.82) is 0 Å². The summed E-state index contributed by atoms with van der Waals surface area (Å²) in [5, 5.41) is 6.77. The molecule has 1 aliphatic heterocycles. The second-order valence-electron chi connectivity index (χ2n) is 7.70. The standard InChI is InChI=1S/C24H23FN6OS2/c25-19-13-17(8-9-20(19)31-34-18-6-2-1-3-7-18)32-23-22(33-15-28-23)21-10-12-27-24(30-21)29-16-5-4-11-26-14-16/h1-3,6-10,12-13,15-16,26,31H,4-5,11,14H2,(H,27,29,30). The fourth-order valence-corrected chi connectivity index (χ4v) is 4.92. The van der Waals surface area contributed by atoms with Crippen LogP contribution in [0.4, 0.5) is 16.0 Å². The van der Waals surface area contributed by atoms with E-state index in [2.05, 4.69) is 30.3 Å². The summed E-state index contributed by atoms with van der Waals surface area (Å²) >= 11 is 2.76. The molecule has 2 aromatic heterocycles. The predicted octanol–water partition coefficient (Wildman–Crippen LogP) is 5.81. The van der Waals surface area contributed by atoms with Crippen LogP contribution in [0.25, 0.3) is 10.6 Å². The minimum atomic E-state index is -0.410. The summed E-state index contributed by atoms with van der Waals surface area (Å²) in [6, 6.07) is 16.6. The Morgan fingerprint density at radius 2 is 2.03 bits per heavy atom. The number of anilines is 2. The summed E-state index contributed by atoms with van der Waals surface area (Å²) in [4.78, 5) is 15.1. The number of ether oxygens (including phenoxy) is 1. The lowest BCUT2D eigenvalue weighted by Gasteiger charge is -2.23. The lowest BCUT2D eigenvalue weighted by molar-refractivity contribution is 0.463. The highest BCUT2D eigenvalue weighted by atomic mass is 32.2. The molecule has 5 rings (SSSR count). The number of nitrogens with one attached hydrogen (secondary N) is 3. The van der Waals surface area contributed by atoms with E-state index in [9.17, 15) is 4.39 Å². The zero-order chi connectivity index (χ0) is 23.2. The molecule has 1 unspecified atom stereocenters. The largest absolute Gasteiger partial charge is 0.437 e. The molecular weight excluding hydrogens is 471 g/mol. The van der Waals surface area contributed by atoms with E-state index >= 15 is 0 Å². The van der Waals surface area contributed by atoms with Crippen LogP contribution in [0.15, 0.2) is 71.2 Å². The van der Waals surface area contributed by atoms with E-state index in [-0.39, 0.29) is 0 Å². The maximum Gasteiger partial charge on any atom is 0.239 e. The monoisotopic (exact) mass is 494 g/mol. The third-order valence-electron chi connectivity index (χ3n) is 5.23. The summed E-state index contributed by atoms with van der Waals surface area (Å²) in [6.07, 6.45) is 3.92. The van der Waals surface area contributed by atoms with Crippen LogP contribution in [0.5, 0.6) is 11.6 Å². The van der Waals surface area contributed by atoms with Gasteiger partial charge in [0, 0.05) is 29.7 Å². The second-order valence-corrected chi connectivity index (χ2v) is 9.44. The van der Waals surface area contributed by atoms with Crippen molar-refractivity contribution in [2.75, 3.05) is 23.1 Å². The lowest BCUT2D eigenvalue weighted by atomic mass is 10.1. The van der Waals surface area contributed by atoms with Crippen molar-refractivity contribution in [1.82, 2.24) is 20.3 Å². The SMILES string of the molecule is Fc1cc(Oc2ncsc2-c2ccnc(NC3CCCNC3)n2)ccc1NSc1ccccc1. The summed E-state index contributed by atoms with van der Waals surface area (Å²) in [5.74, 6) is 0.906. The number of nitrogens with zero attached hydrogens (tertiary/aromatic N) is 3. The van der Waals surface area contributed by atoms with Crippen LogP contribution in [0.3, 0.4) is 0 Å². The molecule has 3 N–H and O–H groups in total. The number of aromatic nitrogens is 3. The minimum Gasteiger partial charge on any atom is -0.437 e. The van der Waals surface area contributed by atoms with Crippen molar-refractivity contribution in [2.45, 2.75) is 23.8 Å². The molecule has 2 aromatic carbocycles. The molecule has 7 nitrogen and oxygen atoms in total. The Morgan fingerprint density at radius 1 is 1.12 bits per heavy atom. The van der Waals surface area contributed by atoms with E-state index in [1.165, 1.54) is 29.4 Å². The Balaban J connectivity index is 1.27. The van der Waals surface area contributed by atoms with Crippen LogP contribution in [0, 0.1) is 5.82 Å². The van der Waals surface area contributed by atoms with Gasteiger partial charge in [-0.3, -0.25) is 0 Å². The predicted molar refractivity (Wildman–Crippen MR) is 135 cm³/mol. The van der Waals surface area contributed by atoms with Gasteiger partial charge in [-0.15, -0.1) is 11.3 Å². The first-order chi connectivity index (χ1) is 16.7. The minimum absolute atomic E-state index is 0.302. The van der Waals surface area contributed by atoms with E-state index in [0.717, 1.165) is 35.7 Å². The molecule has 0 spiro atoms. The first-order valence-corrected chi connectivity index (χ1v) is 12.6. The van der Waals surface area contributed by atoms with Crippen LogP contribution in [0.1, 0.15) is 12.8 Å². The molecule has 0 amide bonds. The first kappa shape index (κ1) is 22.6. The maximum absolute atomic E-state index is 14.7. The van der Waals surface area contributed by atoms with Crippen LogP contribution < -0.4 is 20.1 Å². The van der Waals surface area contributed by atoms with Gasteiger partial charge in [-0.25, -0.2) is 19.3 Å². The quantitative estimate of drug-likeness (QED) is 0.265. The molecule has 1 saturated heterocycles. The molecule has 4 aromatic rings. The number of piperidine rings is 1. The number of hydrogen-bond acceptors (Lipinski definition) is 9. The van der Waals surface area contributed by atoms with Crippen LogP contribution in [-0.2, 0) is 0 Å². The zero-order valence-electron chi connectivity index (χ0n) is 18.2. The number of thiazole rings is 1. The van der Waals surface area contributed by atoms with Crippen LogP contribution in [-0.4, -0.2) is 34.1 Å². The smallest absolute Gasteiger partial charge is 0.239 e. The van der Waals surface area contributed by atoms with Gasteiger partial charge in [0.25, 0.3) is 0 Å². The molecule has 0 radical (unpaired) electrons. The Kier molecular flexibility index (Phi) is 7.18. The van der Waals surface area contributed by atoms with E-state index < -0.39 is 5.82 Å². The number of rotatable bonds is 8. The average Bonchev–Trinajstić information content (AvgIpc) is 3.33. The summed E-state index contributed by atoms with van der Waals surface area (Å²) in [5.41, 5.74) is 2.77. The zero-order valence-corrected chi connectivity index (χ0v) is 19.8. The fraction of sp³-hybridized carbons (Fsp3) is 0.208. The number of benzene rings is 2. The second kappa shape index (κ2) is 10.8. The van der Waals surface area contributed by atoms with Crippen molar-refractivity contribution in [3.05, 3.63) is 72.1 Å². The van der Waals surface area contributed by atoms with Gasteiger partial charge in [0.2, 0.25) is 11.8 Å². The first-order valence-electron chi connectivity index (χ1n) is 10.9. The van der Waals surface area contributed by atoms with Gasteiger partial charge in [-0.2, -0.15) is 0 Å². The van der Waals surface area contributed by atoms with Gasteiger partial charge in [-0.05, 0) is 61.7 Å². The number of hydrogen-bond donors (Lipinski definition) is 3. The van der Waals surface area contributed by atoms with Gasteiger partial charge in [-0.1, -0.05) is 18.2 Å². The summed E-state index contributed by atoms with van der Waals surface area (Å²) in [6.45, 7) is 1.94. The fourth-order valence-electron chi connectivity index (χ4n) is 3.55. The Hall–Kier alpha value is -3.21. The molecule has 0 bridgehead atoms. The normalized spacial score (nSPS) is 15.6. The molecule has 0 saturated carbocycles. The van der Waals surface area contributed by atoms with Gasteiger partial charge in [0.05, 0.1) is 16.9 Å². The maximum atomic E-state index is 14.7. The van der Waals surface area contributed by atoms with E-state index in [0.29, 0.717) is 35.0 Å². The average molecular weight is 495 g/mol. The van der Waals surface area contributed by atoms with Gasteiger partial charge in [0.1, 0.15) is 10.6 Å². The molecule has 1 atom stereocenters. The topological polar surface area (TPSA) is 84.0 Å². The molecule has 10 heteroatoms. The Labute approximate surface area is 205 Å². The van der Waals surface area contributed by atoms with Crippen molar-refractivity contribution in [2.24, 2.45) is 0 Å². The van der Waals surface area contributed by atoms with Crippen LogP contribution >= 0.6 is 23.3 Å². The molecule has 1 fully saturated rings. The molecule has 1 aliphatic rings. The van der Waals surface area contributed by atoms with Crippen molar-refractivity contribution in [3.63, 3.8) is 0 Å². The Bertz CT molecular complexity index is 1230. The highest BCUT2D eigenvalue weighted by molar-refractivity contribution is 8.00. The number of halogens is 1. The third-order valence-corrected chi connectivity index (χ3v) is 6.89. The van der Waals surface area contributed by atoms with Crippen LogP contribution in [0.2, 0.25) is 0 Å². The summed E-state index contributed by atoms with van der Waals surface area (Å²) < 4.78 is 23.6. The van der Waals surface area contributed by atoms with Gasteiger partial charge in [0.15, 0.2) is 5.82 Å². The van der Waals surface area contributed by atoms with E-state index in [4.69, 9.17) is 4.74 Å². The highest BCUT2D eigenvalue weighted by Crippen LogP contribution is 2.36. The third kappa shape index (κ3) is 5.64.